The van der Waals surface area contributed by atoms with Gasteiger partial charge in [-0.3, -0.25) is 9.59 Å². The van der Waals surface area contributed by atoms with Crippen LogP contribution in [0.15, 0.2) is 54.6 Å². The van der Waals surface area contributed by atoms with E-state index in [1.54, 1.807) is 0 Å². The number of hydrogen-bond donors (Lipinski definition) is 2. The number of hydrogen-bond acceptors (Lipinski definition) is 2. The number of carbonyl (C=O) groups excluding carboxylic acids is 2. The second-order valence-corrected chi connectivity index (χ2v) is 5.30. The molecule has 4 nitrogen and oxygen atoms in total. The van der Waals surface area contributed by atoms with Crippen molar-refractivity contribution in [2.24, 2.45) is 0 Å². The number of aryl methyl sites for hydroxylation is 1. The number of carbonyl (C=O) groups is 2. The quantitative estimate of drug-likeness (QED) is 0.891. The summed E-state index contributed by atoms with van der Waals surface area (Å²) < 4.78 is 0. The Morgan fingerprint density at radius 1 is 1.05 bits per heavy atom. The maximum Gasteiger partial charge on any atom is 0.247 e. The van der Waals surface area contributed by atoms with Crippen molar-refractivity contribution in [1.82, 2.24) is 5.32 Å². The monoisotopic (exact) mass is 296 g/mol. The molecule has 0 aliphatic carbocycles. The molecule has 0 aromatic heterocycles. The number of rotatable bonds is 5. The van der Waals surface area contributed by atoms with Crippen LogP contribution in [-0.2, 0) is 16.0 Å². The Balaban J connectivity index is 2.10. The average Bonchev–Trinajstić information content (AvgIpc) is 2.47. The fourth-order valence-corrected chi connectivity index (χ4v) is 2.26. The van der Waals surface area contributed by atoms with Gasteiger partial charge in [0, 0.05) is 19.0 Å². The Morgan fingerprint density at radius 2 is 1.77 bits per heavy atom. The smallest absolute Gasteiger partial charge is 0.247 e. The summed E-state index contributed by atoms with van der Waals surface area (Å²) in [6.07, 6.45) is 0.456. The summed E-state index contributed by atoms with van der Waals surface area (Å²) in [5, 5.41) is 5.57. The predicted molar refractivity (Wildman–Crippen MR) is 87.6 cm³/mol. The van der Waals surface area contributed by atoms with Crippen LogP contribution in [0.1, 0.15) is 18.1 Å². The molecule has 114 valence electrons. The lowest BCUT2D eigenvalue weighted by Crippen LogP contribution is -2.44. The number of benzene rings is 2. The molecule has 2 aromatic rings. The summed E-state index contributed by atoms with van der Waals surface area (Å²) in [6.45, 7) is 3.38. The standard InChI is InChI=1S/C18H20N2O2/c1-13-7-6-10-16(11-13)20-18(22)17(19-14(2)21)12-15-8-4-3-5-9-15/h3-11,17H,12H2,1-2H3,(H,19,21)(H,20,22)/t17-/m0/s1. The fourth-order valence-electron chi connectivity index (χ4n) is 2.26. The number of anilines is 1. The third-order valence-corrected chi connectivity index (χ3v) is 3.26. The van der Waals surface area contributed by atoms with Gasteiger partial charge in [-0.2, -0.15) is 0 Å². The number of amides is 2. The normalized spacial score (nSPS) is 11.5. The summed E-state index contributed by atoms with van der Waals surface area (Å²) in [4.78, 5) is 23.8. The van der Waals surface area contributed by atoms with Crippen molar-refractivity contribution in [2.75, 3.05) is 5.32 Å². The minimum absolute atomic E-state index is 0.218. The van der Waals surface area contributed by atoms with Crippen molar-refractivity contribution in [1.29, 1.82) is 0 Å². The van der Waals surface area contributed by atoms with Gasteiger partial charge in [0.15, 0.2) is 0 Å². The molecule has 2 aromatic carbocycles. The van der Waals surface area contributed by atoms with E-state index in [9.17, 15) is 9.59 Å². The van der Waals surface area contributed by atoms with E-state index in [1.165, 1.54) is 6.92 Å². The van der Waals surface area contributed by atoms with Crippen molar-refractivity contribution in [3.8, 4) is 0 Å². The second kappa shape index (κ2) is 7.41. The maximum atomic E-state index is 12.4. The van der Waals surface area contributed by atoms with E-state index < -0.39 is 6.04 Å². The zero-order chi connectivity index (χ0) is 15.9. The molecule has 0 unspecified atom stereocenters. The van der Waals surface area contributed by atoms with E-state index in [4.69, 9.17) is 0 Å². The van der Waals surface area contributed by atoms with Gasteiger partial charge in [-0.15, -0.1) is 0 Å². The first-order chi connectivity index (χ1) is 10.5. The van der Waals surface area contributed by atoms with Crippen molar-refractivity contribution in [3.05, 3.63) is 65.7 Å². The molecule has 0 bridgehead atoms. The molecule has 0 radical (unpaired) electrons. The van der Waals surface area contributed by atoms with Gasteiger partial charge in [-0.25, -0.2) is 0 Å². The molecule has 22 heavy (non-hydrogen) atoms. The van der Waals surface area contributed by atoms with Gasteiger partial charge in [-0.1, -0.05) is 42.5 Å². The van der Waals surface area contributed by atoms with Gasteiger partial charge in [-0.05, 0) is 30.2 Å². The first-order valence-corrected chi connectivity index (χ1v) is 7.23. The van der Waals surface area contributed by atoms with Crippen LogP contribution in [0.3, 0.4) is 0 Å². The van der Waals surface area contributed by atoms with E-state index in [-0.39, 0.29) is 11.8 Å². The molecular weight excluding hydrogens is 276 g/mol. The maximum absolute atomic E-state index is 12.4. The third-order valence-electron chi connectivity index (χ3n) is 3.26. The highest BCUT2D eigenvalue weighted by molar-refractivity contribution is 5.97. The highest BCUT2D eigenvalue weighted by Gasteiger charge is 2.20. The summed E-state index contributed by atoms with van der Waals surface area (Å²) in [5.74, 6) is -0.440. The minimum atomic E-state index is -0.597. The minimum Gasteiger partial charge on any atom is -0.344 e. The third kappa shape index (κ3) is 4.74. The lowest BCUT2D eigenvalue weighted by Gasteiger charge is -2.18. The first-order valence-electron chi connectivity index (χ1n) is 7.23. The molecule has 0 fully saturated rings. The highest BCUT2D eigenvalue weighted by atomic mass is 16.2. The Kier molecular flexibility index (Phi) is 5.31. The fraction of sp³-hybridized carbons (Fsp3) is 0.222. The van der Waals surface area contributed by atoms with Crippen molar-refractivity contribution >= 4 is 17.5 Å². The van der Waals surface area contributed by atoms with Crippen LogP contribution in [0, 0.1) is 6.92 Å². The molecule has 2 N–H and O–H groups in total. The Bertz CT molecular complexity index is 653. The van der Waals surface area contributed by atoms with Crippen LogP contribution in [-0.4, -0.2) is 17.9 Å². The van der Waals surface area contributed by atoms with Gasteiger partial charge in [0.25, 0.3) is 0 Å². The Hall–Kier alpha value is -2.62. The summed E-state index contributed by atoms with van der Waals surface area (Å²) in [6, 6.07) is 16.6. The van der Waals surface area contributed by atoms with E-state index >= 15 is 0 Å². The molecular formula is C18H20N2O2. The van der Waals surface area contributed by atoms with E-state index in [0.29, 0.717) is 6.42 Å². The second-order valence-electron chi connectivity index (χ2n) is 5.30. The lowest BCUT2D eigenvalue weighted by molar-refractivity contribution is -0.125. The molecule has 4 heteroatoms. The highest BCUT2D eigenvalue weighted by Crippen LogP contribution is 2.11. The zero-order valence-electron chi connectivity index (χ0n) is 12.8. The van der Waals surface area contributed by atoms with Crippen LogP contribution in [0.4, 0.5) is 5.69 Å². The molecule has 1 atom stereocenters. The molecule has 0 heterocycles. The molecule has 0 spiro atoms. The van der Waals surface area contributed by atoms with Crippen LogP contribution in [0.25, 0.3) is 0 Å². The molecule has 0 saturated carbocycles. The summed E-state index contributed by atoms with van der Waals surface area (Å²) in [7, 11) is 0. The van der Waals surface area contributed by atoms with Gasteiger partial charge in [0.2, 0.25) is 11.8 Å². The average molecular weight is 296 g/mol. The largest absolute Gasteiger partial charge is 0.344 e. The molecule has 0 aliphatic heterocycles. The predicted octanol–water partition coefficient (Wildman–Crippen LogP) is 2.68. The lowest BCUT2D eigenvalue weighted by atomic mass is 10.0. The summed E-state index contributed by atoms with van der Waals surface area (Å²) >= 11 is 0. The Labute approximate surface area is 130 Å². The Morgan fingerprint density at radius 3 is 2.41 bits per heavy atom. The zero-order valence-corrected chi connectivity index (χ0v) is 12.8. The molecule has 0 aliphatic rings. The molecule has 0 saturated heterocycles. The van der Waals surface area contributed by atoms with Gasteiger partial charge < -0.3 is 10.6 Å². The molecule has 2 rings (SSSR count). The first kappa shape index (κ1) is 15.8. The van der Waals surface area contributed by atoms with Crippen LogP contribution in [0.2, 0.25) is 0 Å². The van der Waals surface area contributed by atoms with E-state index in [2.05, 4.69) is 10.6 Å². The van der Waals surface area contributed by atoms with Crippen molar-refractivity contribution in [2.45, 2.75) is 26.3 Å². The SMILES string of the molecule is CC(=O)N[C@@H](Cc1ccccc1)C(=O)Nc1cccc(C)c1. The van der Waals surface area contributed by atoms with Gasteiger partial charge in [0.05, 0.1) is 0 Å². The van der Waals surface area contributed by atoms with E-state index in [1.807, 2.05) is 61.5 Å². The van der Waals surface area contributed by atoms with Crippen molar-refractivity contribution in [3.63, 3.8) is 0 Å². The van der Waals surface area contributed by atoms with Gasteiger partial charge in [0.1, 0.15) is 6.04 Å². The van der Waals surface area contributed by atoms with Crippen molar-refractivity contribution < 1.29 is 9.59 Å². The summed E-state index contributed by atoms with van der Waals surface area (Å²) in [5.41, 5.74) is 2.80. The van der Waals surface area contributed by atoms with Crippen LogP contribution in [0.5, 0.6) is 0 Å². The topological polar surface area (TPSA) is 58.2 Å². The van der Waals surface area contributed by atoms with Crippen LogP contribution >= 0.6 is 0 Å². The van der Waals surface area contributed by atoms with E-state index in [0.717, 1.165) is 16.8 Å². The van der Waals surface area contributed by atoms with Gasteiger partial charge >= 0.3 is 0 Å². The molecule has 2 amide bonds. The van der Waals surface area contributed by atoms with Crippen LogP contribution < -0.4 is 10.6 Å². The number of nitrogens with one attached hydrogen (secondary N) is 2.